The van der Waals surface area contributed by atoms with Crippen LogP contribution in [0.4, 0.5) is 0 Å². The molecule has 1 aliphatic rings. The topological polar surface area (TPSA) is 32.9 Å². The number of carbonyl (C=O) groups excluding carboxylic acids is 1. The Hall–Kier alpha value is -1.09. The Morgan fingerprint density at radius 2 is 2.24 bits per heavy atom. The molecule has 0 aliphatic heterocycles. The number of ketones is 1. The number of hydrogen-bond acceptors (Lipinski definition) is 1. The van der Waals surface area contributed by atoms with Gasteiger partial charge in [-0.1, -0.05) is 41.3 Å². The summed E-state index contributed by atoms with van der Waals surface area (Å²) in [6.07, 6.45) is 6.27. The lowest BCUT2D eigenvalue weighted by atomic mass is 9.81. The zero-order valence-electron chi connectivity index (χ0n) is 9.50. The van der Waals surface area contributed by atoms with Gasteiger partial charge in [-0.25, -0.2) is 0 Å². The molecule has 17 heavy (non-hydrogen) atoms. The van der Waals surface area contributed by atoms with E-state index in [1.165, 1.54) is 19.3 Å². The number of aromatic nitrogens is 1. The van der Waals surface area contributed by atoms with Crippen molar-refractivity contribution in [1.29, 1.82) is 0 Å². The first-order chi connectivity index (χ1) is 8.25. The largest absolute Gasteiger partial charge is 0.360 e. The first-order valence-corrected chi connectivity index (χ1v) is 6.84. The summed E-state index contributed by atoms with van der Waals surface area (Å²) in [6.45, 7) is 0. The van der Waals surface area contributed by atoms with Crippen molar-refractivity contribution in [1.82, 2.24) is 4.98 Å². The molecule has 0 spiro atoms. The molecule has 0 amide bonds. The number of rotatable bonds is 3. The Kier molecular flexibility index (Phi) is 2.79. The minimum atomic E-state index is 0.271. The van der Waals surface area contributed by atoms with Crippen molar-refractivity contribution in [3.05, 3.63) is 34.4 Å². The number of hydrogen-bond donors (Lipinski definition) is 1. The van der Waals surface area contributed by atoms with Crippen molar-refractivity contribution in [3.8, 4) is 0 Å². The third-order valence-electron chi connectivity index (χ3n) is 3.65. The molecule has 2 nitrogen and oxygen atoms in total. The summed E-state index contributed by atoms with van der Waals surface area (Å²) in [5.41, 5.74) is 1.86. The van der Waals surface area contributed by atoms with Crippen LogP contribution in [0, 0.1) is 5.92 Å². The molecular weight excluding hydrogens is 278 g/mol. The van der Waals surface area contributed by atoms with Gasteiger partial charge >= 0.3 is 0 Å². The number of aromatic amines is 1. The second-order valence-corrected chi connectivity index (χ2v) is 5.64. The Bertz CT molecular complexity index is 569. The number of halogens is 1. The fraction of sp³-hybridized carbons (Fsp3) is 0.357. The van der Waals surface area contributed by atoms with Crippen LogP contribution >= 0.6 is 15.9 Å². The molecule has 1 N–H and O–H groups in total. The van der Waals surface area contributed by atoms with E-state index in [1.54, 1.807) is 0 Å². The van der Waals surface area contributed by atoms with Gasteiger partial charge in [0.15, 0.2) is 5.78 Å². The maximum absolute atomic E-state index is 12.2. The fourth-order valence-corrected chi connectivity index (χ4v) is 3.01. The predicted molar refractivity (Wildman–Crippen MR) is 72.3 cm³/mol. The standard InChI is InChI=1S/C14H14BrNO/c15-11-5-2-6-12-14(11)10(8-16-12)13(17)7-9-3-1-4-9/h2,5-6,8-9,16H,1,3-4,7H2. The van der Waals surface area contributed by atoms with E-state index in [0.29, 0.717) is 12.3 Å². The second-order valence-electron chi connectivity index (χ2n) is 4.79. The summed E-state index contributed by atoms with van der Waals surface area (Å²) in [7, 11) is 0. The minimum absolute atomic E-state index is 0.271. The molecule has 3 rings (SSSR count). The summed E-state index contributed by atoms with van der Waals surface area (Å²) in [6, 6.07) is 5.96. The average Bonchev–Trinajstić information content (AvgIpc) is 2.68. The van der Waals surface area contributed by atoms with E-state index in [4.69, 9.17) is 0 Å². The van der Waals surface area contributed by atoms with Crippen LogP contribution in [0.3, 0.4) is 0 Å². The fourth-order valence-electron chi connectivity index (χ4n) is 2.43. The minimum Gasteiger partial charge on any atom is -0.360 e. The second kappa shape index (κ2) is 4.30. The van der Waals surface area contributed by atoms with Gasteiger partial charge < -0.3 is 4.98 Å². The molecule has 0 radical (unpaired) electrons. The molecule has 1 aromatic carbocycles. The number of nitrogens with one attached hydrogen (secondary N) is 1. The van der Waals surface area contributed by atoms with Crippen molar-refractivity contribution >= 4 is 32.6 Å². The van der Waals surface area contributed by atoms with E-state index in [0.717, 1.165) is 20.9 Å². The lowest BCUT2D eigenvalue weighted by Gasteiger charge is -2.24. The highest BCUT2D eigenvalue weighted by atomic mass is 79.9. The first-order valence-electron chi connectivity index (χ1n) is 6.04. The van der Waals surface area contributed by atoms with Crippen LogP contribution in [0.25, 0.3) is 10.9 Å². The smallest absolute Gasteiger partial charge is 0.165 e. The first kappa shape index (κ1) is 11.0. The Morgan fingerprint density at radius 1 is 1.41 bits per heavy atom. The summed E-state index contributed by atoms with van der Waals surface area (Å²) in [5.74, 6) is 0.891. The summed E-state index contributed by atoms with van der Waals surface area (Å²) < 4.78 is 0.994. The van der Waals surface area contributed by atoms with Gasteiger partial charge in [-0.3, -0.25) is 4.79 Å². The van der Waals surface area contributed by atoms with Crippen LogP contribution in [0.15, 0.2) is 28.9 Å². The molecule has 1 saturated carbocycles. The van der Waals surface area contributed by atoms with Crippen LogP contribution < -0.4 is 0 Å². The predicted octanol–water partition coefficient (Wildman–Crippen LogP) is 4.30. The number of carbonyl (C=O) groups is 1. The maximum atomic E-state index is 12.2. The zero-order valence-corrected chi connectivity index (χ0v) is 11.1. The normalized spacial score (nSPS) is 16.1. The highest BCUT2D eigenvalue weighted by Gasteiger charge is 2.23. The highest BCUT2D eigenvalue weighted by molar-refractivity contribution is 9.10. The molecule has 3 heteroatoms. The van der Waals surface area contributed by atoms with Gasteiger partial charge in [0.1, 0.15) is 0 Å². The van der Waals surface area contributed by atoms with Gasteiger partial charge in [0.25, 0.3) is 0 Å². The molecule has 0 bridgehead atoms. The van der Waals surface area contributed by atoms with Crippen molar-refractivity contribution in [3.63, 3.8) is 0 Å². The van der Waals surface area contributed by atoms with Crippen molar-refractivity contribution in [2.75, 3.05) is 0 Å². The Balaban J connectivity index is 1.96. The van der Waals surface area contributed by atoms with E-state index in [9.17, 15) is 4.79 Å². The number of H-pyrrole nitrogens is 1. The number of benzene rings is 1. The van der Waals surface area contributed by atoms with Crippen LogP contribution in [0.2, 0.25) is 0 Å². The molecule has 1 aliphatic carbocycles. The lowest BCUT2D eigenvalue weighted by Crippen LogP contribution is -2.15. The molecule has 88 valence electrons. The van der Waals surface area contributed by atoms with Gasteiger partial charge in [0.2, 0.25) is 0 Å². The molecule has 1 aromatic heterocycles. The Morgan fingerprint density at radius 3 is 2.94 bits per heavy atom. The van der Waals surface area contributed by atoms with E-state index >= 15 is 0 Å². The summed E-state index contributed by atoms with van der Waals surface area (Å²) in [4.78, 5) is 15.4. The summed E-state index contributed by atoms with van der Waals surface area (Å²) in [5, 5.41) is 1.02. The molecule has 1 heterocycles. The van der Waals surface area contributed by atoms with Gasteiger partial charge in [-0.15, -0.1) is 0 Å². The molecular formula is C14H14BrNO. The monoisotopic (exact) mass is 291 g/mol. The van der Waals surface area contributed by atoms with E-state index in [1.807, 2.05) is 24.4 Å². The molecule has 0 unspecified atom stereocenters. The highest BCUT2D eigenvalue weighted by Crippen LogP contribution is 2.33. The maximum Gasteiger partial charge on any atom is 0.165 e. The van der Waals surface area contributed by atoms with E-state index in [2.05, 4.69) is 20.9 Å². The number of Topliss-reactive ketones (excluding diaryl/α,β-unsaturated/α-hetero) is 1. The van der Waals surface area contributed by atoms with Gasteiger partial charge in [-0.2, -0.15) is 0 Å². The third-order valence-corrected chi connectivity index (χ3v) is 4.32. The molecule has 2 aromatic rings. The SMILES string of the molecule is O=C(CC1CCC1)c1c[nH]c2cccc(Br)c12. The molecule has 1 fully saturated rings. The molecule has 0 saturated heterocycles. The average molecular weight is 292 g/mol. The van der Waals surface area contributed by atoms with Gasteiger partial charge in [0.05, 0.1) is 0 Å². The summed E-state index contributed by atoms with van der Waals surface area (Å²) >= 11 is 3.52. The van der Waals surface area contributed by atoms with E-state index < -0.39 is 0 Å². The van der Waals surface area contributed by atoms with Crippen molar-refractivity contribution < 1.29 is 4.79 Å². The zero-order chi connectivity index (χ0) is 11.8. The van der Waals surface area contributed by atoms with Crippen molar-refractivity contribution in [2.45, 2.75) is 25.7 Å². The third kappa shape index (κ3) is 1.93. The van der Waals surface area contributed by atoms with Crippen LogP contribution in [0.5, 0.6) is 0 Å². The van der Waals surface area contributed by atoms with E-state index in [-0.39, 0.29) is 5.78 Å². The van der Waals surface area contributed by atoms with Crippen LogP contribution in [-0.4, -0.2) is 10.8 Å². The quantitative estimate of drug-likeness (QED) is 0.840. The van der Waals surface area contributed by atoms with Gasteiger partial charge in [0, 0.05) is 33.6 Å². The van der Waals surface area contributed by atoms with Crippen LogP contribution in [0.1, 0.15) is 36.0 Å². The Labute approximate surface area is 109 Å². The van der Waals surface area contributed by atoms with Gasteiger partial charge in [-0.05, 0) is 18.1 Å². The lowest BCUT2D eigenvalue weighted by molar-refractivity contribution is 0.0938. The molecule has 0 atom stereocenters. The van der Waals surface area contributed by atoms with Crippen molar-refractivity contribution in [2.24, 2.45) is 5.92 Å². The number of fused-ring (bicyclic) bond motifs is 1. The van der Waals surface area contributed by atoms with Crippen LogP contribution in [-0.2, 0) is 0 Å².